The number of hydrogen-bond acceptors (Lipinski definition) is 6. The lowest BCUT2D eigenvalue weighted by atomic mass is 9.95. The standard InChI is InChI=1S/C31H30N4O3/c36-31-27(5-2-10-33-31)35-11-12-37-29(19-35)26-4-1-3-22-14-23-15-25(8-9-28(23)38-30(22)26)34-17-20-13-24(18-32-16-20)21-6-7-21/h1-5,8-10,13,15-16,18,21,29,34H,6-7,11-12,14,17,19H2,(H,33,36). The number of hydrogen-bond donors (Lipinski definition) is 2. The molecule has 7 rings (SSSR count). The maximum Gasteiger partial charge on any atom is 0.271 e. The summed E-state index contributed by atoms with van der Waals surface area (Å²) in [5.41, 5.74) is 7.56. The molecule has 38 heavy (non-hydrogen) atoms. The Hall–Kier alpha value is -4.10. The van der Waals surface area contributed by atoms with Gasteiger partial charge in [0.2, 0.25) is 0 Å². The molecule has 1 saturated carbocycles. The number of nitrogens with one attached hydrogen (secondary N) is 2. The number of anilines is 2. The second-order valence-electron chi connectivity index (χ2n) is 10.4. The van der Waals surface area contributed by atoms with Crippen molar-refractivity contribution in [2.75, 3.05) is 29.9 Å². The Balaban J connectivity index is 1.08. The van der Waals surface area contributed by atoms with Gasteiger partial charge in [0.1, 0.15) is 23.3 Å². The van der Waals surface area contributed by atoms with Crippen LogP contribution in [-0.2, 0) is 17.7 Å². The number of pyridine rings is 2. The number of fused-ring (bicyclic) bond motifs is 2. The lowest BCUT2D eigenvalue weighted by Crippen LogP contribution is -2.41. The lowest BCUT2D eigenvalue weighted by molar-refractivity contribution is 0.0383. The van der Waals surface area contributed by atoms with E-state index in [0.717, 1.165) is 46.8 Å². The Morgan fingerprint density at radius 3 is 2.89 bits per heavy atom. The number of para-hydroxylation sites is 1. The van der Waals surface area contributed by atoms with E-state index in [9.17, 15) is 4.79 Å². The molecular formula is C31H30N4O3. The van der Waals surface area contributed by atoms with Gasteiger partial charge in [-0.05, 0) is 65.8 Å². The van der Waals surface area contributed by atoms with Crippen molar-refractivity contribution in [2.45, 2.75) is 37.8 Å². The Morgan fingerprint density at radius 1 is 1.05 bits per heavy atom. The van der Waals surface area contributed by atoms with E-state index in [1.807, 2.05) is 30.6 Å². The van der Waals surface area contributed by atoms with Crippen molar-refractivity contribution in [1.82, 2.24) is 9.97 Å². The Kier molecular flexibility index (Phi) is 5.85. The van der Waals surface area contributed by atoms with Crippen LogP contribution < -0.4 is 20.5 Å². The zero-order chi connectivity index (χ0) is 25.5. The van der Waals surface area contributed by atoms with Gasteiger partial charge in [-0.2, -0.15) is 0 Å². The van der Waals surface area contributed by atoms with Crippen LogP contribution >= 0.6 is 0 Å². The lowest BCUT2D eigenvalue weighted by Gasteiger charge is -2.35. The van der Waals surface area contributed by atoms with Crippen LogP contribution in [0.3, 0.4) is 0 Å². The first-order valence-electron chi connectivity index (χ1n) is 13.4. The fraction of sp³-hybridized carbons (Fsp3) is 0.290. The molecule has 0 bridgehead atoms. The smallest absolute Gasteiger partial charge is 0.271 e. The maximum absolute atomic E-state index is 12.4. The molecular weight excluding hydrogens is 476 g/mol. The number of rotatable bonds is 6. The molecule has 1 unspecified atom stereocenters. The Morgan fingerprint density at radius 2 is 2.00 bits per heavy atom. The summed E-state index contributed by atoms with van der Waals surface area (Å²) >= 11 is 0. The summed E-state index contributed by atoms with van der Waals surface area (Å²) < 4.78 is 12.7. The van der Waals surface area contributed by atoms with E-state index in [2.05, 4.69) is 56.6 Å². The highest BCUT2D eigenvalue weighted by Crippen LogP contribution is 2.43. The van der Waals surface area contributed by atoms with Crippen molar-refractivity contribution in [3.63, 3.8) is 0 Å². The summed E-state index contributed by atoms with van der Waals surface area (Å²) in [4.78, 5) is 21.7. The Bertz CT molecular complexity index is 1540. The van der Waals surface area contributed by atoms with Crippen LogP contribution in [0, 0.1) is 0 Å². The molecule has 7 nitrogen and oxygen atoms in total. The molecule has 2 aliphatic heterocycles. The van der Waals surface area contributed by atoms with E-state index in [-0.39, 0.29) is 11.7 Å². The van der Waals surface area contributed by atoms with Gasteiger partial charge in [-0.1, -0.05) is 24.3 Å². The van der Waals surface area contributed by atoms with Gasteiger partial charge < -0.3 is 24.7 Å². The molecule has 0 radical (unpaired) electrons. The second kappa shape index (κ2) is 9.65. The largest absolute Gasteiger partial charge is 0.456 e. The van der Waals surface area contributed by atoms with E-state index in [1.165, 1.54) is 24.0 Å². The van der Waals surface area contributed by atoms with Crippen molar-refractivity contribution < 1.29 is 9.47 Å². The minimum atomic E-state index is -0.180. The summed E-state index contributed by atoms with van der Waals surface area (Å²) in [6, 6.07) is 18.6. The van der Waals surface area contributed by atoms with Gasteiger partial charge >= 0.3 is 0 Å². The third-order valence-corrected chi connectivity index (χ3v) is 7.69. The van der Waals surface area contributed by atoms with E-state index in [4.69, 9.17) is 9.47 Å². The molecule has 2 aromatic carbocycles. The van der Waals surface area contributed by atoms with Crippen molar-refractivity contribution in [3.05, 3.63) is 111 Å². The molecule has 1 saturated heterocycles. The molecule has 1 atom stereocenters. The molecule has 4 aromatic rings. The van der Waals surface area contributed by atoms with Crippen LogP contribution in [0.2, 0.25) is 0 Å². The topological polar surface area (TPSA) is 79.5 Å². The molecule has 4 heterocycles. The number of morpholine rings is 1. The minimum Gasteiger partial charge on any atom is -0.456 e. The van der Waals surface area contributed by atoms with Gasteiger partial charge in [0, 0.05) is 61.5 Å². The summed E-state index contributed by atoms with van der Waals surface area (Å²) in [5.74, 6) is 2.45. The van der Waals surface area contributed by atoms with Crippen molar-refractivity contribution >= 4 is 11.4 Å². The van der Waals surface area contributed by atoms with Crippen LogP contribution in [0.4, 0.5) is 11.4 Å². The third kappa shape index (κ3) is 4.54. The van der Waals surface area contributed by atoms with Gasteiger partial charge in [-0.3, -0.25) is 9.78 Å². The normalized spacial score (nSPS) is 18.3. The predicted molar refractivity (Wildman–Crippen MR) is 147 cm³/mol. The van der Waals surface area contributed by atoms with Gasteiger partial charge in [-0.15, -0.1) is 0 Å². The molecule has 0 amide bonds. The van der Waals surface area contributed by atoms with Crippen molar-refractivity contribution in [2.24, 2.45) is 0 Å². The highest BCUT2D eigenvalue weighted by molar-refractivity contribution is 5.59. The van der Waals surface area contributed by atoms with Crippen molar-refractivity contribution in [3.8, 4) is 11.5 Å². The number of nitrogens with zero attached hydrogens (tertiary/aromatic N) is 2. The van der Waals surface area contributed by atoms with Crippen LogP contribution in [0.25, 0.3) is 0 Å². The monoisotopic (exact) mass is 506 g/mol. The summed E-state index contributed by atoms with van der Waals surface area (Å²) in [5, 5.41) is 3.56. The zero-order valence-corrected chi connectivity index (χ0v) is 21.2. The summed E-state index contributed by atoms with van der Waals surface area (Å²) in [6.45, 7) is 2.57. The predicted octanol–water partition coefficient (Wildman–Crippen LogP) is 5.53. The van der Waals surface area contributed by atoms with E-state index < -0.39 is 0 Å². The van der Waals surface area contributed by atoms with Gasteiger partial charge in [0.05, 0.1) is 6.61 Å². The Labute approximate surface area is 221 Å². The number of ether oxygens (including phenoxy) is 2. The molecule has 7 heteroatoms. The van der Waals surface area contributed by atoms with E-state index in [1.54, 1.807) is 6.20 Å². The van der Waals surface area contributed by atoms with Gasteiger partial charge in [-0.25, -0.2) is 0 Å². The fourth-order valence-electron chi connectivity index (χ4n) is 5.53. The highest BCUT2D eigenvalue weighted by atomic mass is 16.5. The maximum atomic E-state index is 12.4. The number of benzene rings is 2. The third-order valence-electron chi connectivity index (χ3n) is 7.69. The SMILES string of the molecule is O=c1[nH]cccc1N1CCOC(c2cccc3c2Oc2ccc(NCc4cncc(C5CC5)c4)cc2C3)C1. The van der Waals surface area contributed by atoms with Crippen LogP contribution in [-0.4, -0.2) is 29.7 Å². The average Bonchev–Trinajstić information content (AvgIpc) is 3.81. The van der Waals surface area contributed by atoms with Gasteiger partial charge in [0.25, 0.3) is 5.56 Å². The van der Waals surface area contributed by atoms with Crippen LogP contribution in [0.5, 0.6) is 11.5 Å². The molecule has 192 valence electrons. The van der Waals surface area contributed by atoms with Crippen LogP contribution in [0.15, 0.2) is 78.0 Å². The fourth-order valence-corrected chi connectivity index (χ4v) is 5.53. The number of aromatic amines is 1. The highest BCUT2D eigenvalue weighted by Gasteiger charge is 2.29. The quantitative estimate of drug-likeness (QED) is 0.315. The first-order chi connectivity index (χ1) is 18.7. The minimum absolute atomic E-state index is 0.0790. The first kappa shape index (κ1) is 23.0. The first-order valence-corrected chi connectivity index (χ1v) is 13.4. The molecule has 0 spiro atoms. The number of H-pyrrole nitrogens is 1. The second-order valence-corrected chi connectivity index (χ2v) is 10.4. The van der Waals surface area contributed by atoms with E-state index >= 15 is 0 Å². The number of aromatic nitrogens is 2. The van der Waals surface area contributed by atoms with Crippen LogP contribution in [0.1, 0.15) is 52.7 Å². The zero-order valence-electron chi connectivity index (χ0n) is 21.2. The molecule has 2 N–H and O–H groups in total. The molecule has 2 fully saturated rings. The van der Waals surface area contributed by atoms with Gasteiger partial charge in [0.15, 0.2) is 0 Å². The average molecular weight is 507 g/mol. The summed E-state index contributed by atoms with van der Waals surface area (Å²) in [6.07, 6.45) is 8.78. The molecule has 3 aliphatic rings. The molecule has 2 aromatic heterocycles. The van der Waals surface area contributed by atoms with Crippen molar-refractivity contribution in [1.29, 1.82) is 0 Å². The molecule has 1 aliphatic carbocycles. The summed E-state index contributed by atoms with van der Waals surface area (Å²) in [7, 11) is 0. The van der Waals surface area contributed by atoms with E-state index in [0.29, 0.717) is 31.3 Å².